The highest BCUT2D eigenvalue weighted by Crippen LogP contribution is 2.20. The number of ether oxygens (including phenoxy) is 1. The average molecular weight is 462 g/mol. The van der Waals surface area contributed by atoms with Crippen molar-refractivity contribution in [3.05, 3.63) is 71.1 Å². The summed E-state index contributed by atoms with van der Waals surface area (Å²) in [6.45, 7) is 3.42. The lowest BCUT2D eigenvalue weighted by atomic mass is 10.2. The molecule has 8 nitrogen and oxygen atoms in total. The molecule has 1 heterocycles. The molecule has 174 valence electrons. The van der Waals surface area contributed by atoms with Gasteiger partial charge in [0.1, 0.15) is 12.3 Å². The van der Waals surface area contributed by atoms with Crippen LogP contribution in [-0.4, -0.2) is 39.9 Å². The number of hydrogen-bond acceptors (Lipinski definition) is 6. The van der Waals surface area contributed by atoms with Gasteiger partial charge in [-0.3, -0.25) is 9.59 Å². The zero-order valence-corrected chi connectivity index (χ0v) is 17.9. The molecule has 2 aromatic carbocycles. The van der Waals surface area contributed by atoms with Gasteiger partial charge in [0, 0.05) is 19.0 Å². The Bertz CT molecular complexity index is 1140. The summed E-state index contributed by atoms with van der Waals surface area (Å²) in [5, 5.41) is 5.88. The summed E-state index contributed by atoms with van der Waals surface area (Å²) < 4.78 is 50.6. The van der Waals surface area contributed by atoms with E-state index in [2.05, 4.69) is 15.5 Å². The molecule has 33 heavy (non-hydrogen) atoms. The van der Waals surface area contributed by atoms with Crippen LogP contribution in [0.15, 0.2) is 40.9 Å². The van der Waals surface area contributed by atoms with E-state index in [0.717, 1.165) is 6.07 Å². The SMILES string of the molecule is CCCN(CC(=O)Nc1ccc(F)c(F)c1F)C(=O)c1ccc(OCc2noc(C)n2)cc1. The summed E-state index contributed by atoms with van der Waals surface area (Å²) in [5.41, 5.74) is -0.209. The molecule has 0 spiro atoms. The van der Waals surface area contributed by atoms with Crippen molar-refractivity contribution < 1.29 is 32.0 Å². The minimum Gasteiger partial charge on any atom is -0.485 e. The van der Waals surface area contributed by atoms with Gasteiger partial charge in [0.25, 0.3) is 5.91 Å². The summed E-state index contributed by atoms with van der Waals surface area (Å²) in [5.74, 6) is -4.48. The van der Waals surface area contributed by atoms with Crippen LogP contribution < -0.4 is 10.1 Å². The van der Waals surface area contributed by atoms with E-state index in [1.54, 1.807) is 19.1 Å². The highest BCUT2D eigenvalue weighted by molar-refractivity contribution is 5.99. The zero-order valence-electron chi connectivity index (χ0n) is 17.9. The lowest BCUT2D eigenvalue weighted by molar-refractivity contribution is -0.116. The zero-order chi connectivity index (χ0) is 24.0. The summed E-state index contributed by atoms with van der Waals surface area (Å²) >= 11 is 0. The first-order valence-corrected chi connectivity index (χ1v) is 10.0. The Morgan fingerprint density at radius 1 is 1.09 bits per heavy atom. The van der Waals surface area contributed by atoms with E-state index in [0.29, 0.717) is 35.5 Å². The standard InChI is InChI=1S/C22H21F3N4O4/c1-3-10-29(11-19(30)27-17-9-8-16(23)20(24)21(17)25)22(31)14-4-6-15(7-5-14)32-12-18-26-13(2)33-28-18/h4-9H,3,10-12H2,1-2H3,(H,27,30). The quantitative estimate of drug-likeness (QED) is 0.485. The topological polar surface area (TPSA) is 97.6 Å². The van der Waals surface area contributed by atoms with E-state index in [4.69, 9.17) is 9.26 Å². The molecule has 0 atom stereocenters. The monoisotopic (exact) mass is 462 g/mol. The lowest BCUT2D eigenvalue weighted by Crippen LogP contribution is -2.38. The van der Waals surface area contributed by atoms with Gasteiger partial charge in [0.2, 0.25) is 17.6 Å². The lowest BCUT2D eigenvalue weighted by Gasteiger charge is -2.22. The molecule has 0 radical (unpaired) electrons. The first kappa shape index (κ1) is 23.8. The second-order valence-corrected chi connectivity index (χ2v) is 7.04. The number of halogens is 3. The molecule has 0 aliphatic heterocycles. The predicted molar refractivity (Wildman–Crippen MR) is 111 cm³/mol. The van der Waals surface area contributed by atoms with Crippen LogP contribution in [0.2, 0.25) is 0 Å². The Labute approximate surface area is 187 Å². The van der Waals surface area contributed by atoms with Gasteiger partial charge < -0.3 is 19.5 Å². The van der Waals surface area contributed by atoms with E-state index in [1.165, 1.54) is 17.0 Å². The Hall–Kier alpha value is -3.89. The molecule has 1 N–H and O–H groups in total. The number of anilines is 1. The maximum Gasteiger partial charge on any atom is 0.254 e. The smallest absolute Gasteiger partial charge is 0.254 e. The summed E-state index contributed by atoms with van der Waals surface area (Å²) in [6, 6.07) is 7.85. The fraction of sp³-hybridized carbons (Fsp3) is 0.273. The van der Waals surface area contributed by atoms with Gasteiger partial charge in [-0.1, -0.05) is 12.1 Å². The maximum absolute atomic E-state index is 13.8. The number of aromatic nitrogens is 2. The van der Waals surface area contributed by atoms with Crippen LogP contribution in [-0.2, 0) is 11.4 Å². The van der Waals surface area contributed by atoms with Gasteiger partial charge in [0.15, 0.2) is 24.1 Å². The number of nitrogens with one attached hydrogen (secondary N) is 1. The number of amides is 2. The first-order chi connectivity index (χ1) is 15.8. The molecular formula is C22H21F3N4O4. The summed E-state index contributed by atoms with van der Waals surface area (Å²) in [7, 11) is 0. The van der Waals surface area contributed by atoms with Gasteiger partial charge in [-0.05, 0) is 42.8 Å². The average Bonchev–Trinajstić information content (AvgIpc) is 3.23. The Balaban J connectivity index is 1.63. The number of carbonyl (C=O) groups excluding carboxylic acids is 2. The fourth-order valence-electron chi connectivity index (χ4n) is 2.93. The molecule has 0 fully saturated rings. The van der Waals surface area contributed by atoms with Gasteiger partial charge in [-0.15, -0.1) is 0 Å². The van der Waals surface area contributed by atoms with Crippen LogP contribution in [0.5, 0.6) is 5.75 Å². The molecule has 2 amide bonds. The largest absolute Gasteiger partial charge is 0.485 e. The number of benzene rings is 2. The van der Waals surface area contributed by atoms with E-state index in [-0.39, 0.29) is 13.2 Å². The van der Waals surface area contributed by atoms with Crippen molar-refractivity contribution in [2.45, 2.75) is 26.9 Å². The van der Waals surface area contributed by atoms with Crippen LogP contribution in [0.3, 0.4) is 0 Å². The molecule has 0 aliphatic carbocycles. The molecular weight excluding hydrogens is 441 g/mol. The second-order valence-electron chi connectivity index (χ2n) is 7.04. The van der Waals surface area contributed by atoms with Crippen molar-refractivity contribution in [1.82, 2.24) is 15.0 Å². The molecule has 0 saturated carbocycles. The van der Waals surface area contributed by atoms with Gasteiger partial charge >= 0.3 is 0 Å². The van der Waals surface area contributed by atoms with Gasteiger partial charge in [-0.2, -0.15) is 4.98 Å². The van der Waals surface area contributed by atoms with Crippen molar-refractivity contribution in [3.63, 3.8) is 0 Å². The minimum atomic E-state index is -1.69. The molecule has 0 bridgehead atoms. The molecule has 3 rings (SSSR count). The van der Waals surface area contributed by atoms with E-state index in [9.17, 15) is 22.8 Å². The fourth-order valence-corrected chi connectivity index (χ4v) is 2.93. The number of hydrogen-bond donors (Lipinski definition) is 1. The third kappa shape index (κ3) is 6.09. The molecule has 0 unspecified atom stereocenters. The normalized spacial score (nSPS) is 10.7. The van der Waals surface area contributed by atoms with Crippen LogP contribution in [0.4, 0.5) is 18.9 Å². The number of rotatable bonds is 9. The predicted octanol–water partition coefficient (Wildman–Crippen LogP) is 3.87. The molecule has 1 aromatic heterocycles. The van der Waals surface area contributed by atoms with Crippen molar-refractivity contribution in [1.29, 1.82) is 0 Å². The highest BCUT2D eigenvalue weighted by atomic mass is 19.2. The first-order valence-electron chi connectivity index (χ1n) is 10.0. The molecule has 3 aromatic rings. The Morgan fingerprint density at radius 2 is 1.82 bits per heavy atom. The minimum absolute atomic E-state index is 0.0906. The van der Waals surface area contributed by atoms with Crippen molar-refractivity contribution >= 4 is 17.5 Å². The Kier molecular flexibility index (Phi) is 7.65. The third-order valence-corrected chi connectivity index (χ3v) is 4.46. The van der Waals surface area contributed by atoms with Crippen LogP contribution >= 0.6 is 0 Å². The number of carbonyl (C=O) groups is 2. The second kappa shape index (κ2) is 10.6. The van der Waals surface area contributed by atoms with Gasteiger partial charge in [-0.25, -0.2) is 13.2 Å². The van der Waals surface area contributed by atoms with Crippen LogP contribution in [0.25, 0.3) is 0 Å². The molecule has 0 saturated heterocycles. The third-order valence-electron chi connectivity index (χ3n) is 4.46. The molecule has 0 aliphatic rings. The van der Waals surface area contributed by atoms with Crippen molar-refractivity contribution in [3.8, 4) is 5.75 Å². The Morgan fingerprint density at radius 3 is 2.45 bits per heavy atom. The summed E-state index contributed by atoms with van der Waals surface area (Å²) in [4.78, 5) is 30.5. The van der Waals surface area contributed by atoms with E-state index >= 15 is 0 Å². The maximum atomic E-state index is 13.8. The van der Waals surface area contributed by atoms with Crippen molar-refractivity contribution in [2.75, 3.05) is 18.4 Å². The molecule has 11 heteroatoms. The van der Waals surface area contributed by atoms with Gasteiger partial charge in [0.05, 0.1) is 5.69 Å². The highest BCUT2D eigenvalue weighted by Gasteiger charge is 2.20. The van der Waals surface area contributed by atoms with Crippen LogP contribution in [0.1, 0.15) is 35.4 Å². The van der Waals surface area contributed by atoms with E-state index in [1.807, 2.05) is 6.92 Å². The number of aryl methyl sites for hydroxylation is 1. The number of nitrogens with zero attached hydrogens (tertiary/aromatic N) is 3. The summed E-state index contributed by atoms with van der Waals surface area (Å²) in [6.07, 6.45) is 0.559. The van der Waals surface area contributed by atoms with Crippen LogP contribution in [0, 0.1) is 24.4 Å². The van der Waals surface area contributed by atoms with E-state index < -0.39 is 41.5 Å². The van der Waals surface area contributed by atoms with Crippen molar-refractivity contribution in [2.24, 2.45) is 0 Å².